The fourth-order valence-electron chi connectivity index (χ4n) is 4.31. The van der Waals surface area contributed by atoms with E-state index in [1.54, 1.807) is 0 Å². The smallest absolute Gasteiger partial charge is 0.223 e. The van der Waals surface area contributed by atoms with Crippen LogP contribution >= 0.6 is 0 Å². The van der Waals surface area contributed by atoms with Crippen molar-refractivity contribution in [2.45, 2.75) is 57.0 Å². The van der Waals surface area contributed by atoms with Gasteiger partial charge in [0.2, 0.25) is 11.8 Å². The van der Waals surface area contributed by atoms with Gasteiger partial charge in [0.1, 0.15) is 0 Å². The molecule has 1 aliphatic heterocycles. The van der Waals surface area contributed by atoms with Gasteiger partial charge in [0.15, 0.2) is 0 Å². The van der Waals surface area contributed by atoms with Crippen LogP contribution in [0.2, 0.25) is 0 Å². The highest BCUT2D eigenvalue weighted by atomic mass is 16.2. The molecule has 0 spiro atoms. The maximum absolute atomic E-state index is 12.4. The molecule has 20 heavy (non-hydrogen) atoms. The summed E-state index contributed by atoms with van der Waals surface area (Å²) in [5.41, 5.74) is 6.11. The molecule has 1 heterocycles. The number of carbonyl (C=O) groups is 2. The summed E-state index contributed by atoms with van der Waals surface area (Å²) in [4.78, 5) is 23.8. The normalized spacial score (nSPS) is 40.9. The van der Waals surface area contributed by atoms with E-state index in [0.29, 0.717) is 36.9 Å². The third-order valence-corrected chi connectivity index (χ3v) is 5.30. The van der Waals surface area contributed by atoms with Crippen LogP contribution in [0.15, 0.2) is 0 Å². The van der Waals surface area contributed by atoms with Crippen LogP contribution < -0.4 is 16.4 Å². The van der Waals surface area contributed by atoms with Crippen LogP contribution in [0, 0.1) is 17.8 Å². The van der Waals surface area contributed by atoms with Gasteiger partial charge in [0.05, 0.1) is 0 Å². The summed E-state index contributed by atoms with van der Waals surface area (Å²) in [6.45, 7) is 0.624. The van der Waals surface area contributed by atoms with Gasteiger partial charge in [0, 0.05) is 31.0 Å². The molecule has 5 heteroatoms. The molecule has 0 aromatic heterocycles. The van der Waals surface area contributed by atoms with E-state index in [9.17, 15) is 9.59 Å². The van der Waals surface area contributed by atoms with Crippen molar-refractivity contribution in [2.75, 3.05) is 6.54 Å². The fraction of sp³-hybridized carbons (Fsp3) is 0.867. The largest absolute Gasteiger partial charge is 0.356 e. The first kappa shape index (κ1) is 13.9. The van der Waals surface area contributed by atoms with E-state index in [1.165, 1.54) is 19.3 Å². The van der Waals surface area contributed by atoms with Crippen LogP contribution in [0.5, 0.6) is 0 Å². The number of piperidine rings is 1. The van der Waals surface area contributed by atoms with Crippen molar-refractivity contribution < 1.29 is 9.59 Å². The maximum atomic E-state index is 12.4. The molecule has 3 atom stereocenters. The molecule has 4 N–H and O–H groups in total. The van der Waals surface area contributed by atoms with E-state index in [1.807, 2.05) is 0 Å². The Labute approximate surface area is 120 Å². The lowest BCUT2D eigenvalue weighted by Gasteiger charge is -2.45. The topological polar surface area (TPSA) is 84.2 Å². The average molecular weight is 279 g/mol. The second kappa shape index (κ2) is 5.72. The zero-order valence-corrected chi connectivity index (χ0v) is 11.9. The lowest BCUT2D eigenvalue weighted by atomic mass is 9.67. The molecule has 1 saturated heterocycles. The Bertz CT molecular complexity index is 385. The number of fused-ring (bicyclic) bond motifs is 2. The average Bonchev–Trinajstić information content (AvgIpc) is 2.39. The van der Waals surface area contributed by atoms with Gasteiger partial charge in [-0.25, -0.2) is 0 Å². The summed E-state index contributed by atoms with van der Waals surface area (Å²) in [7, 11) is 0. The molecule has 0 aromatic rings. The zero-order chi connectivity index (χ0) is 14.1. The van der Waals surface area contributed by atoms with Crippen LogP contribution in [0.4, 0.5) is 0 Å². The van der Waals surface area contributed by atoms with E-state index in [-0.39, 0.29) is 17.7 Å². The van der Waals surface area contributed by atoms with Crippen molar-refractivity contribution in [3.63, 3.8) is 0 Å². The molecule has 2 saturated carbocycles. The Morgan fingerprint density at radius 1 is 1.20 bits per heavy atom. The second-order valence-electron chi connectivity index (χ2n) is 6.76. The van der Waals surface area contributed by atoms with Crippen molar-refractivity contribution in [1.29, 1.82) is 0 Å². The number of hydrogen-bond donors (Lipinski definition) is 3. The van der Waals surface area contributed by atoms with Gasteiger partial charge >= 0.3 is 0 Å². The quantitative estimate of drug-likeness (QED) is 0.689. The SMILES string of the molecule is NC1CC2CCCC(C1)C2NC(=O)C1CCNC(=O)C1. The van der Waals surface area contributed by atoms with Gasteiger partial charge < -0.3 is 16.4 Å². The predicted molar refractivity (Wildman–Crippen MR) is 75.7 cm³/mol. The molecule has 0 aromatic carbocycles. The summed E-state index contributed by atoms with van der Waals surface area (Å²) in [6, 6.07) is 0.597. The van der Waals surface area contributed by atoms with Crippen molar-refractivity contribution in [2.24, 2.45) is 23.5 Å². The molecule has 112 valence electrons. The van der Waals surface area contributed by atoms with Crippen LogP contribution in [0.1, 0.15) is 44.9 Å². The first-order valence-corrected chi connectivity index (χ1v) is 7.96. The zero-order valence-electron chi connectivity index (χ0n) is 11.9. The van der Waals surface area contributed by atoms with Gasteiger partial charge in [-0.1, -0.05) is 6.42 Å². The highest BCUT2D eigenvalue weighted by Crippen LogP contribution is 2.39. The molecule has 2 aliphatic carbocycles. The van der Waals surface area contributed by atoms with Crippen molar-refractivity contribution in [1.82, 2.24) is 10.6 Å². The molecule has 3 unspecified atom stereocenters. The standard InChI is InChI=1S/C15H25N3O2/c16-12-6-9-2-1-3-10(7-12)14(9)18-15(20)11-4-5-17-13(19)8-11/h9-12,14H,1-8,16H2,(H,17,19)(H,18,20). The summed E-state index contributed by atoms with van der Waals surface area (Å²) < 4.78 is 0. The molecule has 3 rings (SSSR count). The van der Waals surface area contributed by atoms with Crippen molar-refractivity contribution in [3.8, 4) is 0 Å². The van der Waals surface area contributed by atoms with Gasteiger partial charge in [-0.15, -0.1) is 0 Å². The number of nitrogens with one attached hydrogen (secondary N) is 2. The minimum Gasteiger partial charge on any atom is -0.356 e. The second-order valence-corrected chi connectivity index (χ2v) is 6.76. The highest BCUT2D eigenvalue weighted by Gasteiger charge is 2.40. The lowest BCUT2D eigenvalue weighted by Crippen LogP contribution is -2.55. The molecule has 0 radical (unpaired) electrons. The van der Waals surface area contributed by atoms with E-state index in [2.05, 4.69) is 10.6 Å². The minimum atomic E-state index is -0.139. The number of hydrogen-bond acceptors (Lipinski definition) is 3. The van der Waals surface area contributed by atoms with Crippen LogP contribution in [-0.4, -0.2) is 30.4 Å². The Morgan fingerprint density at radius 3 is 2.55 bits per heavy atom. The molecular weight excluding hydrogens is 254 g/mol. The molecule has 3 aliphatic rings. The Hall–Kier alpha value is -1.10. The van der Waals surface area contributed by atoms with Crippen LogP contribution in [0.3, 0.4) is 0 Å². The summed E-state index contributed by atoms with van der Waals surface area (Å²) in [5, 5.41) is 6.04. The number of nitrogens with two attached hydrogens (primary N) is 1. The lowest BCUT2D eigenvalue weighted by molar-refractivity contribution is -0.133. The molecular formula is C15H25N3O2. The number of rotatable bonds is 2. The number of carbonyl (C=O) groups excluding carboxylic acids is 2. The van der Waals surface area contributed by atoms with Crippen molar-refractivity contribution in [3.05, 3.63) is 0 Å². The fourth-order valence-corrected chi connectivity index (χ4v) is 4.31. The van der Waals surface area contributed by atoms with Gasteiger partial charge in [-0.2, -0.15) is 0 Å². The monoisotopic (exact) mass is 279 g/mol. The third kappa shape index (κ3) is 2.82. The molecule has 2 bridgehead atoms. The molecule has 2 amide bonds. The van der Waals surface area contributed by atoms with Gasteiger partial charge in [-0.3, -0.25) is 9.59 Å². The summed E-state index contributed by atoms with van der Waals surface area (Å²) >= 11 is 0. The van der Waals surface area contributed by atoms with Gasteiger partial charge in [0.25, 0.3) is 0 Å². The summed E-state index contributed by atoms with van der Waals surface area (Å²) in [5.74, 6) is 1.03. The molecule has 5 nitrogen and oxygen atoms in total. The Balaban J connectivity index is 1.61. The van der Waals surface area contributed by atoms with Crippen molar-refractivity contribution >= 4 is 11.8 Å². The number of amides is 2. The van der Waals surface area contributed by atoms with E-state index < -0.39 is 0 Å². The first-order valence-electron chi connectivity index (χ1n) is 7.96. The van der Waals surface area contributed by atoms with E-state index in [0.717, 1.165) is 19.3 Å². The predicted octanol–water partition coefficient (Wildman–Crippen LogP) is 0.535. The Morgan fingerprint density at radius 2 is 1.90 bits per heavy atom. The minimum absolute atomic E-state index is 0.00209. The van der Waals surface area contributed by atoms with Crippen LogP contribution in [0.25, 0.3) is 0 Å². The summed E-state index contributed by atoms with van der Waals surface area (Å²) in [6.07, 6.45) is 6.80. The molecule has 3 fully saturated rings. The van der Waals surface area contributed by atoms with E-state index in [4.69, 9.17) is 5.73 Å². The maximum Gasteiger partial charge on any atom is 0.223 e. The third-order valence-electron chi connectivity index (χ3n) is 5.30. The van der Waals surface area contributed by atoms with Crippen LogP contribution in [-0.2, 0) is 9.59 Å². The first-order chi connectivity index (χ1) is 9.63. The highest BCUT2D eigenvalue weighted by molar-refractivity contribution is 5.87. The Kier molecular flexibility index (Phi) is 3.96. The van der Waals surface area contributed by atoms with E-state index >= 15 is 0 Å². The van der Waals surface area contributed by atoms with Gasteiger partial charge in [-0.05, 0) is 43.9 Å².